The lowest BCUT2D eigenvalue weighted by Gasteiger charge is -2.10. The number of carboxylic acids is 1. The molecule has 10 nitrogen and oxygen atoms in total. The minimum Gasteiger partial charge on any atom is -0.502 e. The summed E-state index contributed by atoms with van der Waals surface area (Å²) in [4.78, 5) is 39.0. The van der Waals surface area contributed by atoms with Crippen molar-refractivity contribution in [2.45, 2.75) is 19.9 Å². The van der Waals surface area contributed by atoms with Crippen LogP contribution in [0.2, 0.25) is 0 Å². The number of aliphatic carboxylic acids is 1. The largest absolute Gasteiger partial charge is 0.502 e. The van der Waals surface area contributed by atoms with Crippen molar-refractivity contribution < 1.29 is 24.2 Å². The van der Waals surface area contributed by atoms with Gasteiger partial charge in [-0.2, -0.15) is 0 Å². The van der Waals surface area contributed by atoms with Crippen LogP contribution in [-0.4, -0.2) is 37.6 Å². The number of hydrogen-bond acceptors (Lipinski definition) is 6. The fraction of sp³-hybridized carbons (Fsp3) is 0.174. The monoisotopic (exact) mass is 449 g/mol. The van der Waals surface area contributed by atoms with Crippen LogP contribution in [0.1, 0.15) is 19.9 Å². The van der Waals surface area contributed by atoms with E-state index in [-0.39, 0.29) is 17.2 Å². The number of nitrogens with zero attached hydrogens (tertiary/aromatic N) is 1. The molecule has 0 saturated carbocycles. The maximum Gasteiger partial charge on any atom is 0.341 e. The van der Waals surface area contributed by atoms with Crippen LogP contribution in [0.3, 0.4) is 0 Å². The van der Waals surface area contributed by atoms with Gasteiger partial charge in [0.1, 0.15) is 11.4 Å². The van der Waals surface area contributed by atoms with Gasteiger partial charge in [-0.1, -0.05) is 12.1 Å². The Morgan fingerprint density at radius 2 is 1.85 bits per heavy atom. The highest BCUT2D eigenvalue weighted by Gasteiger charge is 2.24. The summed E-state index contributed by atoms with van der Waals surface area (Å²) in [5.74, 6) is -1.25. The molecular weight excluding hydrogens is 430 g/mol. The number of H-pyrrole nitrogens is 2. The van der Waals surface area contributed by atoms with Gasteiger partial charge in [0, 0.05) is 17.0 Å². The first-order valence-electron chi connectivity index (χ1n) is 10.2. The number of aromatic hydroxyl groups is 1. The third kappa shape index (κ3) is 3.15. The number of pyridine rings is 1. The van der Waals surface area contributed by atoms with E-state index in [0.717, 1.165) is 0 Å². The maximum absolute atomic E-state index is 13.0. The Labute approximate surface area is 184 Å². The smallest absolute Gasteiger partial charge is 0.341 e. The molecule has 0 aliphatic rings. The van der Waals surface area contributed by atoms with Crippen LogP contribution in [0.15, 0.2) is 50.4 Å². The highest BCUT2D eigenvalue weighted by molar-refractivity contribution is 6.15. The Hall–Kier alpha value is -4.47. The summed E-state index contributed by atoms with van der Waals surface area (Å²) in [6.45, 7) is 3.36. The minimum absolute atomic E-state index is 0.0246. The van der Waals surface area contributed by atoms with E-state index in [1.165, 1.54) is 6.07 Å². The lowest BCUT2D eigenvalue weighted by atomic mass is 10.0. The normalized spacial score (nSPS) is 11.7. The van der Waals surface area contributed by atoms with E-state index < -0.39 is 23.8 Å². The maximum atomic E-state index is 13.0. The molecular formula is C23H19N3O7. The van der Waals surface area contributed by atoms with E-state index >= 15 is 0 Å². The zero-order chi connectivity index (χ0) is 23.4. The summed E-state index contributed by atoms with van der Waals surface area (Å²) in [5.41, 5.74) is 1.52. The number of carbonyl (C=O) groups is 1. The molecule has 0 aliphatic carbocycles. The molecule has 33 heavy (non-hydrogen) atoms. The second-order valence-electron chi connectivity index (χ2n) is 7.93. The molecule has 0 aliphatic heterocycles. The number of ether oxygens (including phenoxy) is 1. The molecule has 0 amide bonds. The summed E-state index contributed by atoms with van der Waals surface area (Å²) in [5, 5.41) is 22.8. The van der Waals surface area contributed by atoms with Gasteiger partial charge in [0.2, 0.25) is 11.2 Å². The molecule has 0 saturated heterocycles. The molecule has 2 aromatic carbocycles. The Kier molecular flexibility index (Phi) is 4.52. The van der Waals surface area contributed by atoms with Gasteiger partial charge in [-0.15, -0.1) is 0 Å². The molecule has 0 fully saturated rings. The Balaban J connectivity index is 1.87. The Morgan fingerprint density at radius 3 is 2.52 bits per heavy atom. The number of benzene rings is 2. The zero-order valence-electron chi connectivity index (χ0n) is 17.6. The zero-order valence-corrected chi connectivity index (χ0v) is 17.6. The van der Waals surface area contributed by atoms with Gasteiger partial charge < -0.3 is 24.4 Å². The SMILES string of the molecule is CC(C)n1[nH]c(=O)c2c(-c3ccc(OCC(=O)O)cc3)c3oc4c(O)c(=O)ccc4c3[nH]c21. The molecule has 0 atom stereocenters. The van der Waals surface area contributed by atoms with E-state index in [2.05, 4.69) is 10.1 Å². The molecule has 0 unspecified atom stereocenters. The predicted octanol–water partition coefficient (Wildman–Crippen LogP) is 3.33. The van der Waals surface area contributed by atoms with Crippen molar-refractivity contribution in [3.63, 3.8) is 0 Å². The average Bonchev–Trinajstić information content (AvgIpc) is 3.32. The summed E-state index contributed by atoms with van der Waals surface area (Å²) in [6.07, 6.45) is 0. The summed E-state index contributed by atoms with van der Waals surface area (Å²) >= 11 is 0. The third-order valence-corrected chi connectivity index (χ3v) is 5.46. The topological polar surface area (TPSA) is 151 Å². The van der Waals surface area contributed by atoms with Crippen molar-refractivity contribution >= 4 is 39.1 Å². The molecule has 4 N–H and O–H groups in total. The second kappa shape index (κ2) is 7.30. The van der Waals surface area contributed by atoms with E-state index in [1.54, 1.807) is 35.0 Å². The van der Waals surface area contributed by atoms with Gasteiger partial charge in [0.25, 0.3) is 5.56 Å². The van der Waals surface area contributed by atoms with Gasteiger partial charge in [0.05, 0.1) is 10.9 Å². The van der Waals surface area contributed by atoms with Crippen LogP contribution in [0.5, 0.6) is 11.5 Å². The Morgan fingerprint density at radius 1 is 1.12 bits per heavy atom. The predicted molar refractivity (Wildman–Crippen MR) is 121 cm³/mol. The fourth-order valence-corrected chi connectivity index (χ4v) is 3.99. The fourth-order valence-electron chi connectivity index (χ4n) is 3.99. The molecule has 3 heterocycles. The molecule has 5 rings (SSSR count). The van der Waals surface area contributed by atoms with Gasteiger partial charge in [-0.25, -0.2) is 4.79 Å². The number of nitrogens with one attached hydrogen (secondary N) is 2. The first kappa shape index (κ1) is 20.4. The number of phenolic OH excluding ortho intramolecular Hbond substituents is 1. The first-order chi connectivity index (χ1) is 15.8. The van der Waals surface area contributed by atoms with Crippen molar-refractivity contribution in [1.82, 2.24) is 14.8 Å². The molecule has 0 spiro atoms. The summed E-state index contributed by atoms with van der Waals surface area (Å²) in [7, 11) is 0. The van der Waals surface area contributed by atoms with Crippen LogP contribution in [0, 0.1) is 0 Å². The number of phenols is 1. The molecule has 10 heteroatoms. The summed E-state index contributed by atoms with van der Waals surface area (Å²) in [6, 6.07) is 9.30. The van der Waals surface area contributed by atoms with E-state index in [0.29, 0.717) is 44.4 Å². The van der Waals surface area contributed by atoms with Gasteiger partial charge >= 0.3 is 5.97 Å². The van der Waals surface area contributed by atoms with Crippen LogP contribution in [0.4, 0.5) is 0 Å². The molecule has 168 valence electrons. The van der Waals surface area contributed by atoms with Gasteiger partial charge in [0.15, 0.2) is 17.8 Å². The Bertz CT molecular complexity index is 1670. The number of hydrogen-bond donors (Lipinski definition) is 4. The number of aromatic nitrogens is 3. The highest BCUT2D eigenvalue weighted by Crippen LogP contribution is 2.40. The van der Waals surface area contributed by atoms with Crippen LogP contribution in [-0.2, 0) is 4.79 Å². The van der Waals surface area contributed by atoms with Crippen molar-refractivity contribution in [3.05, 3.63) is 57.0 Å². The number of fused-ring (bicyclic) bond motifs is 4. The van der Waals surface area contributed by atoms with Crippen molar-refractivity contribution in [1.29, 1.82) is 0 Å². The van der Waals surface area contributed by atoms with Crippen molar-refractivity contribution in [2.24, 2.45) is 0 Å². The van der Waals surface area contributed by atoms with Crippen molar-refractivity contribution in [3.8, 4) is 22.6 Å². The van der Waals surface area contributed by atoms with Crippen LogP contribution >= 0.6 is 0 Å². The standard InChI is InChI=1S/C23H19N3O7/c1-10(2)26-22-17(23(31)25-26)16(11-3-5-12(6-4-11)32-9-15(28)29)21-18(24-22)13-7-8-14(27)19(30)20(13)33-21/h3-8,10,24,30H,9H2,1-2H3,(H,25,31)(H,28,29). The lowest BCUT2D eigenvalue weighted by molar-refractivity contribution is -0.139. The molecule has 5 aromatic rings. The van der Waals surface area contributed by atoms with Gasteiger partial charge in [-0.05, 0) is 43.7 Å². The molecule has 3 aromatic heterocycles. The second-order valence-corrected chi connectivity index (χ2v) is 7.93. The van der Waals surface area contributed by atoms with Crippen LogP contribution in [0.25, 0.3) is 44.2 Å². The van der Waals surface area contributed by atoms with Gasteiger partial charge in [-0.3, -0.25) is 19.4 Å². The van der Waals surface area contributed by atoms with E-state index in [1.807, 2.05) is 13.8 Å². The van der Waals surface area contributed by atoms with Crippen LogP contribution < -0.4 is 15.7 Å². The number of furan rings is 1. The quantitative estimate of drug-likeness (QED) is 0.321. The number of carboxylic acid groups (broad SMARTS) is 1. The highest BCUT2D eigenvalue weighted by atomic mass is 16.5. The van der Waals surface area contributed by atoms with E-state index in [9.17, 15) is 19.5 Å². The summed E-state index contributed by atoms with van der Waals surface area (Å²) < 4.78 is 12.8. The van der Waals surface area contributed by atoms with E-state index in [4.69, 9.17) is 14.3 Å². The number of rotatable bonds is 5. The third-order valence-electron chi connectivity index (χ3n) is 5.46. The average molecular weight is 449 g/mol. The molecule has 0 bridgehead atoms. The number of aromatic amines is 2. The first-order valence-corrected chi connectivity index (χ1v) is 10.2. The van der Waals surface area contributed by atoms with Crippen molar-refractivity contribution in [2.75, 3.05) is 6.61 Å². The molecule has 0 radical (unpaired) electrons. The minimum atomic E-state index is -1.09. The lowest BCUT2D eigenvalue weighted by Crippen LogP contribution is -2.09.